The Bertz CT molecular complexity index is 283. The summed E-state index contributed by atoms with van der Waals surface area (Å²) < 4.78 is 0. The zero-order chi connectivity index (χ0) is 12.8. The summed E-state index contributed by atoms with van der Waals surface area (Å²) in [5.41, 5.74) is 0. The van der Waals surface area contributed by atoms with E-state index in [0.29, 0.717) is 18.4 Å². The Balaban J connectivity index is 2.23. The SMILES string of the molecule is CC1CCC(CNC(=O)N[C@H](CO)C(=O)O)C1. The number of carbonyl (C=O) groups excluding carboxylic acids is 1. The Morgan fingerprint density at radius 1 is 1.41 bits per heavy atom. The smallest absolute Gasteiger partial charge is 0.328 e. The van der Waals surface area contributed by atoms with Crippen LogP contribution in [0.4, 0.5) is 4.79 Å². The Morgan fingerprint density at radius 3 is 2.59 bits per heavy atom. The number of carboxylic acid groups (broad SMARTS) is 1. The molecule has 98 valence electrons. The minimum absolute atomic E-state index is 0.480. The molecule has 0 heterocycles. The van der Waals surface area contributed by atoms with Crippen LogP contribution in [0.2, 0.25) is 0 Å². The van der Waals surface area contributed by atoms with Gasteiger partial charge in [0.05, 0.1) is 6.61 Å². The van der Waals surface area contributed by atoms with Crippen molar-refractivity contribution in [3.8, 4) is 0 Å². The highest BCUT2D eigenvalue weighted by molar-refractivity contribution is 5.82. The van der Waals surface area contributed by atoms with E-state index in [1.54, 1.807) is 0 Å². The summed E-state index contributed by atoms with van der Waals surface area (Å²) >= 11 is 0. The summed E-state index contributed by atoms with van der Waals surface area (Å²) in [6.45, 7) is 2.14. The minimum atomic E-state index is -1.24. The largest absolute Gasteiger partial charge is 0.480 e. The van der Waals surface area contributed by atoms with Gasteiger partial charge in [0.25, 0.3) is 0 Å². The third-order valence-corrected chi connectivity index (χ3v) is 3.14. The second-order valence-electron chi connectivity index (χ2n) is 4.71. The maximum Gasteiger partial charge on any atom is 0.328 e. The van der Waals surface area contributed by atoms with E-state index < -0.39 is 24.6 Å². The van der Waals surface area contributed by atoms with Crippen LogP contribution >= 0.6 is 0 Å². The quantitative estimate of drug-likeness (QED) is 0.554. The van der Waals surface area contributed by atoms with Crippen LogP contribution in [-0.2, 0) is 4.79 Å². The molecule has 1 aliphatic rings. The average molecular weight is 244 g/mol. The van der Waals surface area contributed by atoms with Crippen molar-refractivity contribution >= 4 is 12.0 Å². The molecule has 1 rings (SSSR count). The Kier molecular flexibility index (Phi) is 5.21. The molecule has 2 unspecified atom stereocenters. The van der Waals surface area contributed by atoms with Crippen molar-refractivity contribution in [3.05, 3.63) is 0 Å². The van der Waals surface area contributed by atoms with Crippen LogP contribution in [0, 0.1) is 11.8 Å². The maximum absolute atomic E-state index is 11.4. The van der Waals surface area contributed by atoms with Crippen LogP contribution < -0.4 is 10.6 Å². The number of rotatable bonds is 5. The van der Waals surface area contributed by atoms with E-state index in [9.17, 15) is 9.59 Å². The number of hydrogen-bond acceptors (Lipinski definition) is 3. The van der Waals surface area contributed by atoms with E-state index in [0.717, 1.165) is 12.8 Å². The summed E-state index contributed by atoms with van der Waals surface area (Å²) in [7, 11) is 0. The number of carbonyl (C=O) groups is 2. The molecule has 3 atom stereocenters. The van der Waals surface area contributed by atoms with Crippen molar-refractivity contribution in [2.45, 2.75) is 32.2 Å². The summed E-state index contributed by atoms with van der Waals surface area (Å²) in [6.07, 6.45) is 3.38. The average Bonchev–Trinajstić information content (AvgIpc) is 2.68. The Hall–Kier alpha value is -1.30. The van der Waals surface area contributed by atoms with E-state index in [4.69, 9.17) is 10.2 Å². The first-order chi connectivity index (χ1) is 8.02. The van der Waals surface area contributed by atoms with Crippen molar-refractivity contribution in [2.24, 2.45) is 11.8 Å². The van der Waals surface area contributed by atoms with Gasteiger partial charge in [-0.15, -0.1) is 0 Å². The molecule has 17 heavy (non-hydrogen) atoms. The van der Waals surface area contributed by atoms with Gasteiger partial charge in [-0.3, -0.25) is 0 Å². The summed E-state index contributed by atoms with van der Waals surface area (Å²) in [6, 6.07) is -1.77. The third-order valence-electron chi connectivity index (χ3n) is 3.14. The maximum atomic E-state index is 11.4. The summed E-state index contributed by atoms with van der Waals surface area (Å²) in [5.74, 6) is -0.0561. The van der Waals surface area contributed by atoms with Crippen LogP contribution in [0.3, 0.4) is 0 Å². The van der Waals surface area contributed by atoms with Crippen LogP contribution in [0.25, 0.3) is 0 Å². The van der Waals surface area contributed by atoms with E-state index in [-0.39, 0.29) is 0 Å². The first-order valence-electron chi connectivity index (χ1n) is 5.91. The highest BCUT2D eigenvalue weighted by Crippen LogP contribution is 2.29. The van der Waals surface area contributed by atoms with Crippen molar-refractivity contribution < 1.29 is 19.8 Å². The van der Waals surface area contributed by atoms with Gasteiger partial charge < -0.3 is 20.8 Å². The molecule has 0 aromatic carbocycles. The van der Waals surface area contributed by atoms with E-state index >= 15 is 0 Å². The van der Waals surface area contributed by atoms with E-state index in [1.165, 1.54) is 6.42 Å². The lowest BCUT2D eigenvalue weighted by Gasteiger charge is -2.15. The molecule has 0 saturated heterocycles. The highest BCUT2D eigenvalue weighted by Gasteiger charge is 2.23. The third kappa shape index (κ3) is 4.60. The molecule has 0 aliphatic heterocycles. The van der Waals surface area contributed by atoms with Gasteiger partial charge in [0.2, 0.25) is 0 Å². The number of amides is 2. The lowest BCUT2D eigenvalue weighted by atomic mass is 10.1. The zero-order valence-electron chi connectivity index (χ0n) is 9.98. The topological polar surface area (TPSA) is 98.7 Å². The Labute approximate surface area is 100 Å². The number of aliphatic carboxylic acids is 1. The normalized spacial score (nSPS) is 25.3. The van der Waals surface area contributed by atoms with Gasteiger partial charge >= 0.3 is 12.0 Å². The molecule has 0 bridgehead atoms. The van der Waals surface area contributed by atoms with Gasteiger partial charge in [0, 0.05) is 6.54 Å². The van der Waals surface area contributed by atoms with Gasteiger partial charge in [0.1, 0.15) is 0 Å². The fourth-order valence-electron chi connectivity index (χ4n) is 2.14. The van der Waals surface area contributed by atoms with Gasteiger partial charge in [-0.2, -0.15) is 0 Å². The zero-order valence-corrected chi connectivity index (χ0v) is 9.98. The van der Waals surface area contributed by atoms with Crippen LogP contribution in [0.15, 0.2) is 0 Å². The predicted octanol–water partition coefficient (Wildman–Crippen LogP) is 0.167. The first kappa shape index (κ1) is 13.8. The molecule has 2 amide bonds. The van der Waals surface area contributed by atoms with Gasteiger partial charge in [-0.05, 0) is 24.7 Å². The minimum Gasteiger partial charge on any atom is -0.480 e. The summed E-state index contributed by atoms with van der Waals surface area (Å²) in [4.78, 5) is 21.9. The molecule has 0 aromatic rings. The number of nitrogens with one attached hydrogen (secondary N) is 2. The lowest BCUT2D eigenvalue weighted by Crippen LogP contribution is -2.48. The lowest BCUT2D eigenvalue weighted by molar-refractivity contribution is -0.140. The fourth-order valence-corrected chi connectivity index (χ4v) is 2.14. The molecule has 4 N–H and O–H groups in total. The number of aliphatic hydroxyl groups is 1. The molecular formula is C11H20N2O4. The van der Waals surface area contributed by atoms with E-state index in [1.807, 2.05) is 0 Å². The number of urea groups is 1. The summed E-state index contributed by atoms with van der Waals surface area (Å²) in [5, 5.41) is 22.2. The van der Waals surface area contributed by atoms with Crippen LogP contribution in [0.1, 0.15) is 26.2 Å². The molecule has 1 saturated carbocycles. The predicted molar refractivity (Wildman–Crippen MR) is 61.5 cm³/mol. The highest BCUT2D eigenvalue weighted by atomic mass is 16.4. The van der Waals surface area contributed by atoms with Crippen molar-refractivity contribution in [1.82, 2.24) is 10.6 Å². The molecule has 6 nitrogen and oxygen atoms in total. The molecule has 1 aliphatic carbocycles. The fraction of sp³-hybridized carbons (Fsp3) is 0.818. The van der Waals surface area contributed by atoms with Crippen LogP contribution in [0.5, 0.6) is 0 Å². The molecule has 1 fully saturated rings. The van der Waals surface area contributed by atoms with Crippen molar-refractivity contribution in [1.29, 1.82) is 0 Å². The Morgan fingerprint density at radius 2 is 2.12 bits per heavy atom. The van der Waals surface area contributed by atoms with Gasteiger partial charge in [-0.25, -0.2) is 9.59 Å². The second kappa shape index (κ2) is 6.44. The van der Waals surface area contributed by atoms with Crippen molar-refractivity contribution in [2.75, 3.05) is 13.2 Å². The first-order valence-corrected chi connectivity index (χ1v) is 5.91. The number of hydrogen-bond donors (Lipinski definition) is 4. The molecule has 0 aromatic heterocycles. The molecule has 6 heteroatoms. The van der Waals surface area contributed by atoms with Gasteiger partial charge in [-0.1, -0.05) is 13.3 Å². The molecule has 0 radical (unpaired) electrons. The number of carboxylic acids is 1. The molecule has 0 spiro atoms. The monoisotopic (exact) mass is 244 g/mol. The second-order valence-corrected chi connectivity index (χ2v) is 4.71. The van der Waals surface area contributed by atoms with Crippen molar-refractivity contribution in [3.63, 3.8) is 0 Å². The van der Waals surface area contributed by atoms with Crippen LogP contribution in [-0.4, -0.2) is 41.4 Å². The van der Waals surface area contributed by atoms with Gasteiger partial charge in [0.15, 0.2) is 6.04 Å². The van der Waals surface area contributed by atoms with E-state index in [2.05, 4.69) is 17.6 Å². The standard InChI is InChI=1S/C11H20N2O4/c1-7-2-3-8(4-7)5-12-11(17)13-9(6-14)10(15)16/h7-9,14H,2-6H2,1H3,(H,15,16)(H2,12,13,17)/t7?,8?,9-/m1/s1. The number of aliphatic hydroxyl groups excluding tert-OH is 1. The molecular weight excluding hydrogens is 224 g/mol.